The van der Waals surface area contributed by atoms with Crippen LogP contribution in [-0.4, -0.2) is 55.5 Å². The van der Waals surface area contributed by atoms with Gasteiger partial charge in [0.15, 0.2) is 5.65 Å². The van der Waals surface area contributed by atoms with Crippen LogP contribution in [0.2, 0.25) is 10.0 Å². The lowest BCUT2D eigenvalue weighted by molar-refractivity contribution is -0.122. The van der Waals surface area contributed by atoms with Gasteiger partial charge in [0.2, 0.25) is 17.8 Å². The number of carbonyl (C=O) groups excluding carboxylic acids is 1. The molecule has 38 heavy (non-hydrogen) atoms. The molecule has 5 rings (SSSR count). The number of rotatable bonds is 7. The van der Waals surface area contributed by atoms with E-state index in [9.17, 15) is 9.18 Å². The smallest absolute Gasteiger partial charge is 0.225 e. The second-order valence-electron chi connectivity index (χ2n) is 10.6. The number of carbonyl (C=O) groups is 1. The second-order valence-corrected chi connectivity index (χ2v) is 11.4. The Morgan fingerprint density at radius 1 is 1.16 bits per heavy atom. The minimum atomic E-state index is -0.584. The van der Waals surface area contributed by atoms with Gasteiger partial charge in [-0.2, -0.15) is 4.98 Å². The van der Waals surface area contributed by atoms with Gasteiger partial charge in [0.1, 0.15) is 11.3 Å². The minimum Gasteiger partial charge on any atom is -0.369 e. The van der Waals surface area contributed by atoms with Gasteiger partial charge in [-0.25, -0.2) is 14.4 Å². The number of piperidine rings is 1. The van der Waals surface area contributed by atoms with Crippen molar-refractivity contribution in [2.75, 3.05) is 23.7 Å². The first-order valence-corrected chi connectivity index (χ1v) is 13.9. The maximum Gasteiger partial charge on any atom is 0.225 e. The highest BCUT2D eigenvalue weighted by Gasteiger charge is 2.30. The third-order valence-electron chi connectivity index (χ3n) is 7.66. The molecule has 1 aromatic carbocycles. The van der Waals surface area contributed by atoms with E-state index in [1.165, 1.54) is 12.1 Å². The molecule has 1 unspecified atom stereocenters. The van der Waals surface area contributed by atoms with Crippen LogP contribution in [0.1, 0.15) is 58.4 Å². The van der Waals surface area contributed by atoms with Crippen LogP contribution in [0.15, 0.2) is 18.3 Å². The molecule has 1 saturated carbocycles. The highest BCUT2D eigenvalue weighted by atomic mass is 35.5. The summed E-state index contributed by atoms with van der Waals surface area (Å²) in [5.41, 5.74) is 6.86. The average molecular weight is 564 g/mol. The first-order valence-electron chi connectivity index (χ1n) is 13.2. The largest absolute Gasteiger partial charge is 0.369 e. The normalized spacial score (nSPS) is 22.6. The molecule has 3 aromatic rings. The van der Waals surface area contributed by atoms with E-state index in [1.807, 2.05) is 4.57 Å². The Morgan fingerprint density at radius 2 is 1.92 bits per heavy atom. The number of anilines is 3. The number of halogens is 3. The number of hydrogen-bond acceptors (Lipinski definition) is 7. The van der Waals surface area contributed by atoms with Crippen molar-refractivity contribution in [1.29, 1.82) is 0 Å². The van der Waals surface area contributed by atoms with E-state index in [-0.39, 0.29) is 39.6 Å². The topological polar surface area (TPSA) is 114 Å². The molecule has 12 heteroatoms. The molecule has 1 amide bonds. The quantitative estimate of drug-likeness (QED) is 0.347. The van der Waals surface area contributed by atoms with E-state index >= 15 is 0 Å². The van der Waals surface area contributed by atoms with E-state index in [4.69, 9.17) is 38.9 Å². The molecule has 0 spiro atoms. The fourth-order valence-electron chi connectivity index (χ4n) is 5.56. The van der Waals surface area contributed by atoms with E-state index in [1.54, 1.807) is 6.20 Å². The molecule has 2 aliphatic rings. The molecule has 2 aromatic heterocycles. The number of aromatic nitrogens is 4. The van der Waals surface area contributed by atoms with Crippen LogP contribution < -0.4 is 16.4 Å². The van der Waals surface area contributed by atoms with Crippen molar-refractivity contribution >= 4 is 57.9 Å². The van der Waals surface area contributed by atoms with E-state index < -0.39 is 5.82 Å². The summed E-state index contributed by atoms with van der Waals surface area (Å²) in [6, 6.07) is 3.39. The van der Waals surface area contributed by atoms with Gasteiger partial charge in [-0.15, -0.1) is 0 Å². The second kappa shape index (κ2) is 11.2. The number of fused-ring (bicyclic) bond motifs is 1. The lowest BCUT2D eigenvalue weighted by Crippen LogP contribution is -2.45. The summed E-state index contributed by atoms with van der Waals surface area (Å²) in [6.07, 6.45) is 6.59. The average Bonchev–Trinajstić information content (AvgIpc) is 3.23. The maximum absolute atomic E-state index is 14.8. The van der Waals surface area contributed by atoms with Crippen molar-refractivity contribution < 1.29 is 9.18 Å². The Bertz CT molecular complexity index is 1300. The maximum atomic E-state index is 14.8. The highest BCUT2D eigenvalue weighted by Crippen LogP contribution is 2.38. The molecule has 2 fully saturated rings. The number of hydrogen-bond donors (Lipinski definition) is 3. The molecule has 3 heterocycles. The Hall–Kier alpha value is -2.69. The zero-order valence-corrected chi connectivity index (χ0v) is 23.1. The highest BCUT2D eigenvalue weighted by molar-refractivity contribution is 6.36. The molecule has 0 bridgehead atoms. The molecule has 9 nitrogen and oxygen atoms in total. The van der Waals surface area contributed by atoms with E-state index in [0.717, 1.165) is 25.9 Å². The van der Waals surface area contributed by atoms with Crippen LogP contribution in [0.5, 0.6) is 0 Å². The van der Waals surface area contributed by atoms with Gasteiger partial charge in [-0.1, -0.05) is 23.2 Å². The Balaban J connectivity index is 1.49. The molecule has 4 N–H and O–H groups in total. The number of amides is 1. The Kier molecular flexibility index (Phi) is 7.93. The van der Waals surface area contributed by atoms with Crippen LogP contribution in [0.3, 0.4) is 0 Å². The zero-order valence-electron chi connectivity index (χ0n) is 21.6. The Labute approximate surface area is 231 Å². The van der Waals surface area contributed by atoms with Crippen LogP contribution in [0.4, 0.5) is 22.0 Å². The van der Waals surface area contributed by atoms with Gasteiger partial charge in [0, 0.05) is 35.6 Å². The third kappa shape index (κ3) is 5.67. The van der Waals surface area contributed by atoms with Crippen LogP contribution in [-0.2, 0) is 4.79 Å². The third-order valence-corrected chi connectivity index (χ3v) is 8.17. The van der Waals surface area contributed by atoms with Gasteiger partial charge in [-0.05, 0) is 71.0 Å². The van der Waals surface area contributed by atoms with Crippen molar-refractivity contribution in [2.45, 2.75) is 70.5 Å². The SMILES string of the molecule is CC(C)N1CCCC(Nc2ncc3nc(Nc4c(F)cc(Cl)cc4Cl)n(C4CCC(C(N)=O)CC4)c3n2)C1. The summed E-state index contributed by atoms with van der Waals surface area (Å²) in [5, 5.41) is 6.94. The van der Waals surface area contributed by atoms with Crippen molar-refractivity contribution in [3.05, 3.63) is 34.2 Å². The lowest BCUT2D eigenvalue weighted by Gasteiger charge is -2.35. The molecule has 204 valence electrons. The molecule has 1 aliphatic heterocycles. The zero-order chi connectivity index (χ0) is 27.0. The monoisotopic (exact) mass is 562 g/mol. The first kappa shape index (κ1) is 26.9. The fourth-order valence-corrected chi connectivity index (χ4v) is 6.08. The van der Waals surface area contributed by atoms with E-state index in [0.29, 0.717) is 54.8 Å². The summed E-state index contributed by atoms with van der Waals surface area (Å²) in [5.74, 6) is -0.0752. The van der Waals surface area contributed by atoms with Gasteiger partial charge in [0.05, 0.1) is 16.9 Å². The summed E-state index contributed by atoms with van der Waals surface area (Å²) in [6.45, 7) is 6.44. The predicted molar refractivity (Wildman–Crippen MR) is 149 cm³/mol. The summed E-state index contributed by atoms with van der Waals surface area (Å²) in [4.78, 5) is 28.3. The molecule has 1 saturated heterocycles. The number of likely N-dealkylation sites (tertiary alicyclic amines) is 1. The minimum absolute atomic E-state index is 0.0129. The van der Waals surface area contributed by atoms with Crippen LogP contribution >= 0.6 is 23.2 Å². The molecule has 0 radical (unpaired) electrons. The van der Waals surface area contributed by atoms with Crippen molar-refractivity contribution in [1.82, 2.24) is 24.4 Å². The lowest BCUT2D eigenvalue weighted by atomic mass is 9.85. The fraction of sp³-hybridized carbons (Fsp3) is 0.538. The van der Waals surface area contributed by atoms with Crippen LogP contribution in [0, 0.1) is 11.7 Å². The summed E-state index contributed by atoms with van der Waals surface area (Å²) in [7, 11) is 0. The molecule has 1 aliphatic carbocycles. The summed E-state index contributed by atoms with van der Waals surface area (Å²) < 4.78 is 16.8. The standard InChI is InChI=1S/C26H33Cl2FN8O/c1-14(2)36-9-3-4-17(13-36)32-25-31-12-21-24(35-25)37(18-7-5-15(6-8-18)23(30)38)26(33-21)34-22-19(28)10-16(27)11-20(22)29/h10-12,14-15,17-18H,3-9,13H2,1-2H3,(H2,30,38)(H,33,34)(H,31,32,35). The number of nitrogens with one attached hydrogen (secondary N) is 2. The molecular weight excluding hydrogens is 530 g/mol. The number of benzene rings is 1. The number of primary amides is 1. The Morgan fingerprint density at radius 3 is 2.61 bits per heavy atom. The number of nitrogens with zero attached hydrogens (tertiary/aromatic N) is 5. The molecule has 1 atom stereocenters. The first-order chi connectivity index (χ1) is 18.2. The number of imidazole rings is 1. The number of nitrogens with two attached hydrogens (primary N) is 1. The van der Waals surface area contributed by atoms with Crippen molar-refractivity contribution in [3.63, 3.8) is 0 Å². The van der Waals surface area contributed by atoms with Crippen LogP contribution in [0.25, 0.3) is 11.2 Å². The van der Waals surface area contributed by atoms with Gasteiger partial charge >= 0.3 is 0 Å². The predicted octanol–water partition coefficient (Wildman–Crippen LogP) is 5.52. The van der Waals surface area contributed by atoms with E-state index in [2.05, 4.69) is 34.4 Å². The summed E-state index contributed by atoms with van der Waals surface area (Å²) >= 11 is 12.3. The van der Waals surface area contributed by atoms with Gasteiger partial charge in [-0.3, -0.25) is 14.3 Å². The van der Waals surface area contributed by atoms with Gasteiger partial charge < -0.3 is 16.4 Å². The van der Waals surface area contributed by atoms with Crippen molar-refractivity contribution in [3.8, 4) is 0 Å². The molecular formula is C26H33Cl2FN8O. The van der Waals surface area contributed by atoms with Gasteiger partial charge in [0.25, 0.3) is 0 Å². The van der Waals surface area contributed by atoms with Crippen molar-refractivity contribution in [2.24, 2.45) is 11.7 Å².